The van der Waals surface area contributed by atoms with Gasteiger partial charge in [0.2, 0.25) is 17.7 Å². The van der Waals surface area contributed by atoms with Crippen molar-refractivity contribution in [2.24, 2.45) is 5.73 Å². The number of carbonyl (C=O) groups excluding carboxylic acids is 1. The smallest absolute Gasteiger partial charge is 0.313 e. The van der Waals surface area contributed by atoms with Crippen molar-refractivity contribution >= 4 is 15.9 Å². The van der Waals surface area contributed by atoms with Crippen LogP contribution in [0.4, 0.5) is 0 Å². The lowest BCUT2D eigenvalue weighted by Gasteiger charge is -2.07. The van der Waals surface area contributed by atoms with Crippen LogP contribution in [0.1, 0.15) is 17.4 Å². The number of furan rings is 1. The lowest BCUT2D eigenvalue weighted by atomic mass is 10.2. The molecule has 8 heteroatoms. The van der Waals surface area contributed by atoms with Crippen LogP contribution in [0.15, 0.2) is 64.8 Å². The minimum absolute atomic E-state index is 0.219. The first-order valence-corrected chi connectivity index (χ1v) is 8.24. The van der Waals surface area contributed by atoms with Crippen LogP contribution in [0, 0.1) is 0 Å². The molecule has 0 saturated heterocycles. The number of ketones is 1. The number of benzene rings is 1. The van der Waals surface area contributed by atoms with Crippen molar-refractivity contribution in [1.82, 2.24) is 0 Å². The molecular weight excluding hydrogens is 322 g/mol. The zero-order chi connectivity index (χ0) is 16.4. The summed E-state index contributed by atoms with van der Waals surface area (Å²) in [6, 6.07) is 11.5. The van der Waals surface area contributed by atoms with E-state index in [1.165, 1.54) is 12.3 Å². The van der Waals surface area contributed by atoms with E-state index in [-0.39, 0.29) is 17.4 Å². The lowest BCUT2D eigenvalue weighted by molar-refractivity contribution is -0.123. The van der Waals surface area contributed by atoms with Gasteiger partial charge in [0, 0.05) is 0 Å². The van der Waals surface area contributed by atoms with Gasteiger partial charge in [-0.1, -0.05) is 30.3 Å². The molecule has 120 valence electrons. The Balaban J connectivity index is 1.77. The van der Waals surface area contributed by atoms with Crippen LogP contribution in [-0.4, -0.2) is 14.2 Å². The summed E-state index contributed by atoms with van der Waals surface area (Å²) in [5.74, 6) is -1.77. The molecule has 1 aliphatic heterocycles. The molecule has 0 fully saturated rings. The largest absolute Gasteiger partial charge is 0.465 e. The maximum Gasteiger partial charge on any atom is 0.313 e. The fourth-order valence-corrected chi connectivity index (χ4v) is 3.20. The summed E-state index contributed by atoms with van der Waals surface area (Å²) in [5.41, 5.74) is 6.10. The van der Waals surface area contributed by atoms with Crippen LogP contribution in [0.25, 0.3) is 0 Å². The summed E-state index contributed by atoms with van der Waals surface area (Å²) in [7, 11) is -4.05. The molecular formula is C15H13NO6S. The van der Waals surface area contributed by atoms with Crippen LogP contribution in [0.3, 0.4) is 0 Å². The number of Topliss-reactive ketones (excluding diaryl/α,β-unsaturated/α-hetero) is 1. The number of ether oxygens (including phenoxy) is 1. The van der Waals surface area contributed by atoms with E-state index in [9.17, 15) is 13.2 Å². The molecule has 2 aromatic rings. The van der Waals surface area contributed by atoms with Crippen LogP contribution < -0.4 is 5.73 Å². The number of nitrogens with two attached hydrogens (primary N) is 1. The molecule has 1 atom stereocenters. The van der Waals surface area contributed by atoms with Gasteiger partial charge in [-0.05, 0) is 17.7 Å². The van der Waals surface area contributed by atoms with Crippen LogP contribution in [0.5, 0.6) is 0 Å². The van der Waals surface area contributed by atoms with Crippen molar-refractivity contribution in [1.29, 1.82) is 0 Å². The highest BCUT2D eigenvalue weighted by molar-refractivity contribution is 7.86. The molecule has 7 nitrogen and oxygen atoms in total. The molecule has 1 aliphatic rings. The van der Waals surface area contributed by atoms with Gasteiger partial charge in [0.05, 0.1) is 6.26 Å². The number of hydrogen-bond donors (Lipinski definition) is 1. The molecule has 0 aliphatic carbocycles. The Morgan fingerprint density at radius 1 is 1.13 bits per heavy atom. The number of carbonyl (C=O) groups is 1. The van der Waals surface area contributed by atoms with Crippen LogP contribution >= 0.6 is 0 Å². The highest BCUT2D eigenvalue weighted by Gasteiger charge is 2.41. The molecule has 0 amide bonds. The zero-order valence-electron chi connectivity index (χ0n) is 11.8. The van der Waals surface area contributed by atoms with Crippen molar-refractivity contribution in [2.45, 2.75) is 11.9 Å². The first-order chi connectivity index (χ1) is 11.0. The van der Waals surface area contributed by atoms with Crippen LogP contribution in [0.2, 0.25) is 0 Å². The normalized spacial score (nSPS) is 18.1. The fraction of sp³-hybridized carbons (Fsp3) is 0.133. The third-order valence-corrected chi connectivity index (χ3v) is 4.24. The minimum Gasteiger partial charge on any atom is -0.465 e. The van der Waals surface area contributed by atoms with Gasteiger partial charge in [-0.3, -0.25) is 4.79 Å². The lowest BCUT2D eigenvalue weighted by Crippen LogP contribution is -2.16. The van der Waals surface area contributed by atoms with E-state index in [2.05, 4.69) is 0 Å². The van der Waals surface area contributed by atoms with Gasteiger partial charge >= 0.3 is 10.1 Å². The topological polar surface area (TPSA) is 109 Å². The van der Waals surface area contributed by atoms with Gasteiger partial charge in [0.15, 0.2) is 5.76 Å². The Hall–Kier alpha value is -2.74. The molecule has 0 spiro atoms. The Bertz CT molecular complexity index is 839. The van der Waals surface area contributed by atoms with E-state index in [0.29, 0.717) is 5.56 Å². The molecule has 23 heavy (non-hydrogen) atoms. The molecule has 0 saturated carbocycles. The van der Waals surface area contributed by atoms with E-state index in [0.717, 1.165) is 0 Å². The third kappa shape index (κ3) is 3.21. The van der Waals surface area contributed by atoms with E-state index < -0.39 is 27.8 Å². The molecule has 1 unspecified atom stereocenters. The van der Waals surface area contributed by atoms with E-state index in [4.69, 9.17) is 19.1 Å². The maximum absolute atomic E-state index is 12.2. The summed E-state index contributed by atoms with van der Waals surface area (Å²) in [5, 5.41) is 0. The summed E-state index contributed by atoms with van der Waals surface area (Å²) < 4.78 is 39.3. The summed E-state index contributed by atoms with van der Waals surface area (Å²) >= 11 is 0. The molecule has 2 N–H and O–H groups in total. The SMILES string of the molecule is NC1=C(OS(=O)(=O)Cc2ccccc2)C(=O)C(c2ccco2)O1. The number of rotatable bonds is 5. The molecule has 1 aromatic carbocycles. The van der Waals surface area contributed by atoms with Gasteiger partial charge in [-0.15, -0.1) is 0 Å². The molecule has 3 rings (SSSR count). The second-order valence-corrected chi connectivity index (χ2v) is 6.41. The standard InChI is InChI=1S/C15H13NO6S/c16-15-14(12(17)13(21-15)11-7-4-8-20-11)22-23(18,19)9-10-5-2-1-3-6-10/h1-8,13H,9,16H2. The average molecular weight is 335 g/mol. The Kier molecular flexibility index (Phi) is 3.83. The van der Waals surface area contributed by atoms with Gasteiger partial charge in [-0.25, -0.2) is 0 Å². The van der Waals surface area contributed by atoms with Crippen LogP contribution in [-0.2, 0) is 29.6 Å². The Labute approximate surface area is 132 Å². The van der Waals surface area contributed by atoms with Crippen molar-refractivity contribution in [3.63, 3.8) is 0 Å². The first-order valence-electron chi connectivity index (χ1n) is 6.66. The first kappa shape index (κ1) is 15.2. The minimum atomic E-state index is -4.05. The van der Waals surface area contributed by atoms with Crippen molar-refractivity contribution in [2.75, 3.05) is 0 Å². The third-order valence-electron chi connectivity index (χ3n) is 3.13. The van der Waals surface area contributed by atoms with Gasteiger partial charge in [-0.2, -0.15) is 8.42 Å². The van der Waals surface area contributed by atoms with E-state index in [1.807, 2.05) is 0 Å². The van der Waals surface area contributed by atoms with Crippen molar-refractivity contribution < 1.29 is 26.5 Å². The highest BCUT2D eigenvalue weighted by atomic mass is 32.2. The molecule has 0 radical (unpaired) electrons. The second kappa shape index (κ2) is 5.81. The summed E-state index contributed by atoms with van der Waals surface area (Å²) in [4.78, 5) is 12.2. The average Bonchev–Trinajstić information content (AvgIpc) is 3.11. The monoisotopic (exact) mass is 335 g/mol. The van der Waals surface area contributed by atoms with Crippen molar-refractivity contribution in [3.05, 3.63) is 71.7 Å². The van der Waals surface area contributed by atoms with E-state index in [1.54, 1.807) is 36.4 Å². The quantitative estimate of drug-likeness (QED) is 0.826. The van der Waals surface area contributed by atoms with Gasteiger partial charge in [0.25, 0.3) is 5.78 Å². The predicted molar refractivity (Wildman–Crippen MR) is 78.9 cm³/mol. The Morgan fingerprint density at radius 3 is 2.52 bits per heavy atom. The maximum atomic E-state index is 12.2. The van der Waals surface area contributed by atoms with Gasteiger partial charge in [0.1, 0.15) is 5.75 Å². The Morgan fingerprint density at radius 2 is 1.87 bits per heavy atom. The highest BCUT2D eigenvalue weighted by Crippen LogP contribution is 2.32. The van der Waals surface area contributed by atoms with E-state index >= 15 is 0 Å². The summed E-state index contributed by atoms with van der Waals surface area (Å²) in [6.07, 6.45) is 0.236. The second-order valence-electron chi connectivity index (χ2n) is 4.84. The molecule has 1 aromatic heterocycles. The number of hydrogen-bond acceptors (Lipinski definition) is 7. The summed E-state index contributed by atoms with van der Waals surface area (Å²) in [6.45, 7) is 0. The zero-order valence-corrected chi connectivity index (χ0v) is 12.7. The van der Waals surface area contributed by atoms with Crippen molar-refractivity contribution in [3.8, 4) is 0 Å². The molecule has 2 heterocycles. The van der Waals surface area contributed by atoms with Gasteiger partial charge < -0.3 is 19.1 Å². The molecule has 0 bridgehead atoms. The predicted octanol–water partition coefficient (Wildman–Crippen LogP) is 1.59. The fourth-order valence-electron chi connectivity index (χ4n) is 2.12.